The number of piperidine rings is 1. The molecule has 3 aromatic rings. The number of amides is 1. The lowest BCUT2D eigenvalue weighted by molar-refractivity contribution is 0.0709. The van der Waals surface area contributed by atoms with E-state index in [-0.39, 0.29) is 5.91 Å². The van der Waals surface area contributed by atoms with Crippen molar-refractivity contribution in [2.45, 2.75) is 18.8 Å². The van der Waals surface area contributed by atoms with Crippen molar-refractivity contribution in [3.05, 3.63) is 78.1 Å². The molecule has 1 saturated heterocycles. The van der Waals surface area contributed by atoms with Crippen molar-refractivity contribution in [2.24, 2.45) is 0 Å². The molecule has 1 amide bonds. The molecule has 1 N–H and O–H groups in total. The number of aromatic nitrogens is 2. The largest absolute Gasteiger partial charge is 0.457 e. The van der Waals surface area contributed by atoms with Crippen molar-refractivity contribution in [3.8, 4) is 11.5 Å². The smallest absolute Gasteiger partial charge is 0.257 e. The number of likely N-dealkylation sites (tertiary alicyclic amines) is 1. The number of hydrogen-bond donors (Lipinski definition) is 1. The summed E-state index contributed by atoms with van der Waals surface area (Å²) in [4.78, 5) is 14.9. The first-order valence-electron chi connectivity index (χ1n) is 8.92. The van der Waals surface area contributed by atoms with Crippen molar-refractivity contribution in [2.75, 3.05) is 13.1 Å². The number of carbonyl (C=O) groups is 1. The lowest BCUT2D eigenvalue weighted by Crippen LogP contribution is -2.38. The average Bonchev–Trinajstić information content (AvgIpc) is 3.24. The van der Waals surface area contributed by atoms with Crippen molar-refractivity contribution in [3.63, 3.8) is 0 Å². The second-order valence-corrected chi connectivity index (χ2v) is 6.49. The van der Waals surface area contributed by atoms with Gasteiger partial charge in [0, 0.05) is 30.9 Å². The van der Waals surface area contributed by atoms with E-state index in [1.807, 2.05) is 65.6 Å². The Balaban J connectivity index is 1.47. The third-order valence-corrected chi connectivity index (χ3v) is 4.83. The number of hydrogen-bond acceptors (Lipinski definition) is 3. The highest BCUT2D eigenvalue weighted by Crippen LogP contribution is 2.30. The second kappa shape index (κ2) is 7.44. The molecule has 1 aliphatic rings. The first-order chi connectivity index (χ1) is 12.8. The Bertz CT molecular complexity index is 854. The summed E-state index contributed by atoms with van der Waals surface area (Å²) in [6.45, 7) is 1.48. The first kappa shape index (κ1) is 16.4. The summed E-state index contributed by atoms with van der Waals surface area (Å²) < 4.78 is 5.94. The Morgan fingerprint density at radius 3 is 2.46 bits per heavy atom. The van der Waals surface area contributed by atoms with Gasteiger partial charge in [0.25, 0.3) is 5.91 Å². The Morgan fingerprint density at radius 2 is 1.73 bits per heavy atom. The van der Waals surface area contributed by atoms with Crippen LogP contribution in [0.15, 0.2) is 66.9 Å². The predicted octanol–water partition coefficient (Wildman–Crippen LogP) is 4.22. The third-order valence-electron chi connectivity index (χ3n) is 4.83. The van der Waals surface area contributed by atoms with Crippen LogP contribution in [0.4, 0.5) is 0 Å². The summed E-state index contributed by atoms with van der Waals surface area (Å²) in [7, 11) is 0. The van der Waals surface area contributed by atoms with Crippen LogP contribution < -0.4 is 4.74 Å². The lowest BCUT2D eigenvalue weighted by atomic mass is 9.93. The van der Waals surface area contributed by atoms with Gasteiger partial charge in [0.15, 0.2) is 0 Å². The number of aromatic amines is 1. The Hall–Kier alpha value is -3.08. The minimum Gasteiger partial charge on any atom is -0.457 e. The molecule has 26 heavy (non-hydrogen) atoms. The summed E-state index contributed by atoms with van der Waals surface area (Å²) in [6, 6.07) is 19.0. The second-order valence-electron chi connectivity index (χ2n) is 6.49. The Kier molecular flexibility index (Phi) is 4.69. The van der Waals surface area contributed by atoms with Crippen LogP contribution in [0.1, 0.15) is 34.8 Å². The van der Waals surface area contributed by atoms with Gasteiger partial charge in [-0.3, -0.25) is 9.89 Å². The van der Waals surface area contributed by atoms with Crippen LogP contribution in [-0.4, -0.2) is 34.1 Å². The van der Waals surface area contributed by atoms with E-state index in [9.17, 15) is 4.79 Å². The van der Waals surface area contributed by atoms with Crippen LogP contribution in [0.3, 0.4) is 0 Å². The number of nitrogens with zero attached hydrogens (tertiary/aromatic N) is 2. The molecule has 0 unspecified atom stereocenters. The molecule has 0 saturated carbocycles. The number of benzene rings is 2. The van der Waals surface area contributed by atoms with Crippen molar-refractivity contribution >= 4 is 5.91 Å². The first-order valence-corrected chi connectivity index (χ1v) is 8.92. The minimum absolute atomic E-state index is 0.0274. The minimum atomic E-state index is 0.0274. The van der Waals surface area contributed by atoms with E-state index in [4.69, 9.17) is 4.74 Å². The summed E-state index contributed by atoms with van der Waals surface area (Å²) in [5.41, 5.74) is 1.77. The van der Waals surface area contributed by atoms with Crippen molar-refractivity contribution in [1.82, 2.24) is 15.1 Å². The topological polar surface area (TPSA) is 58.2 Å². The highest BCUT2D eigenvalue weighted by molar-refractivity contribution is 5.97. The molecule has 0 atom stereocenters. The molecule has 1 aliphatic heterocycles. The maximum absolute atomic E-state index is 13.0. The quantitative estimate of drug-likeness (QED) is 0.769. The van der Waals surface area contributed by atoms with Gasteiger partial charge >= 0.3 is 0 Å². The van der Waals surface area contributed by atoms with Gasteiger partial charge < -0.3 is 9.64 Å². The van der Waals surface area contributed by atoms with E-state index in [1.54, 1.807) is 6.20 Å². The molecule has 0 spiro atoms. The molecule has 0 bridgehead atoms. The number of rotatable bonds is 4. The molecule has 4 rings (SSSR count). The third kappa shape index (κ3) is 3.47. The van der Waals surface area contributed by atoms with Gasteiger partial charge in [-0.1, -0.05) is 30.3 Å². The fourth-order valence-corrected chi connectivity index (χ4v) is 3.41. The van der Waals surface area contributed by atoms with Crippen LogP contribution in [0.25, 0.3) is 0 Å². The normalized spacial score (nSPS) is 15.0. The zero-order chi connectivity index (χ0) is 17.8. The fourth-order valence-electron chi connectivity index (χ4n) is 3.41. The van der Waals surface area contributed by atoms with Crippen LogP contribution in [-0.2, 0) is 0 Å². The zero-order valence-corrected chi connectivity index (χ0v) is 14.5. The van der Waals surface area contributed by atoms with E-state index in [0.29, 0.717) is 17.2 Å². The van der Waals surface area contributed by atoms with Gasteiger partial charge in [-0.2, -0.15) is 5.10 Å². The summed E-state index contributed by atoms with van der Waals surface area (Å²) >= 11 is 0. The maximum atomic E-state index is 13.0. The van der Waals surface area contributed by atoms with E-state index in [0.717, 1.165) is 37.4 Å². The molecular formula is C21H21N3O2. The summed E-state index contributed by atoms with van der Waals surface area (Å²) in [5, 5.41) is 7.07. The van der Waals surface area contributed by atoms with Crippen LogP contribution in [0.5, 0.6) is 11.5 Å². The predicted molar refractivity (Wildman–Crippen MR) is 99.4 cm³/mol. The van der Waals surface area contributed by atoms with Crippen molar-refractivity contribution < 1.29 is 9.53 Å². The summed E-state index contributed by atoms with van der Waals surface area (Å²) in [5.74, 6) is 1.79. The molecule has 2 aromatic carbocycles. The average molecular weight is 347 g/mol. The fraction of sp³-hybridized carbons (Fsp3) is 0.238. The zero-order valence-electron chi connectivity index (χ0n) is 14.5. The lowest BCUT2D eigenvalue weighted by Gasteiger charge is -2.31. The number of H-pyrrole nitrogens is 1. The van der Waals surface area contributed by atoms with Gasteiger partial charge in [-0.15, -0.1) is 0 Å². The van der Waals surface area contributed by atoms with Gasteiger partial charge in [-0.25, -0.2) is 0 Å². The van der Waals surface area contributed by atoms with E-state index in [1.165, 1.54) is 0 Å². The van der Waals surface area contributed by atoms with Gasteiger partial charge in [-0.05, 0) is 43.2 Å². The van der Waals surface area contributed by atoms with Gasteiger partial charge in [0.1, 0.15) is 11.5 Å². The summed E-state index contributed by atoms with van der Waals surface area (Å²) in [6.07, 6.45) is 3.66. The van der Waals surface area contributed by atoms with Gasteiger partial charge in [0.05, 0.1) is 5.56 Å². The molecule has 0 radical (unpaired) electrons. The van der Waals surface area contributed by atoms with Crippen LogP contribution in [0, 0.1) is 0 Å². The van der Waals surface area contributed by atoms with E-state index in [2.05, 4.69) is 10.2 Å². The number of para-hydroxylation sites is 2. The maximum Gasteiger partial charge on any atom is 0.257 e. The van der Waals surface area contributed by atoms with Gasteiger partial charge in [0.2, 0.25) is 0 Å². The standard InChI is InChI=1S/C21H21N3O2/c25-21(24-14-11-16(12-15-24)19-10-13-22-23-19)18-8-4-5-9-20(18)26-17-6-2-1-3-7-17/h1-10,13,16H,11-12,14-15H2,(H,22,23). The monoisotopic (exact) mass is 347 g/mol. The SMILES string of the molecule is O=C(c1ccccc1Oc1ccccc1)N1CCC(c2ccn[nH]2)CC1. The molecule has 132 valence electrons. The molecule has 2 heterocycles. The molecule has 0 aliphatic carbocycles. The Morgan fingerprint density at radius 1 is 1.00 bits per heavy atom. The molecular weight excluding hydrogens is 326 g/mol. The number of carbonyl (C=O) groups excluding carboxylic acids is 1. The highest BCUT2D eigenvalue weighted by Gasteiger charge is 2.26. The molecule has 1 aromatic heterocycles. The van der Waals surface area contributed by atoms with E-state index < -0.39 is 0 Å². The van der Waals surface area contributed by atoms with E-state index >= 15 is 0 Å². The van der Waals surface area contributed by atoms with Crippen molar-refractivity contribution in [1.29, 1.82) is 0 Å². The Labute approximate surface area is 152 Å². The molecule has 5 nitrogen and oxygen atoms in total. The van der Waals surface area contributed by atoms with Crippen LogP contribution in [0.2, 0.25) is 0 Å². The highest BCUT2D eigenvalue weighted by atomic mass is 16.5. The number of nitrogens with one attached hydrogen (secondary N) is 1. The van der Waals surface area contributed by atoms with Crippen LogP contribution >= 0.6 is 0 Å². The molecule has 5 heteroatoms. The molecule has 1 fully saturated rings. The number of ether oxygens (including phenoxy) is 1.